The lowest BCUT2D eigenvalue weighted by Gasteiger charge is -2.26. The van der Waals surface area contributed by atoms with Gasteiger partial charge in [0.05, 0.1) is 5.57 Å². The molecule has 1 fully saturated rings. The van der Waals surface area contributed by atoms with Crippen molar-refractivity contribution >= 4 is 50.4 Å². The minimum Gasteiger partial charge on any atom is -0.507 e. The van der Waals surface area contributed by atoms with Gasteiger partial charge in [0.25, 0.3) is 11.7 Å². The average Bonchev–Trinajstić information content (AvgIpc) is 3.31. The third-order valence-corrected chi connectivity index (χ3v) is 6.45. The number of anilines is 1. The molecular formula is C23H18BrNO3S. The normalized spacial score (nSPS) is 18.4. The summed E-state index contributed by atoms with van der Waals surface area (Å²) in [7, 11) is 0. The molecule has 29 heavy (non-hydrogen) atoms. The molecule has 1 aliphatic heterocycles. The van der Waals surface area contributed by atoms with Crippen molar-refractivity contribution in [2.45, 2.75) is 19.9 Å². The number of thiophene rings is 1. The molecule has 1 N–H and O–H groups in total. The van der Waals surface area contributed by atoms with E-state index >= 15 is 0 Å². The summed E-state index contributed by atoms with van der Waals surface area (Å²) in [6.45, 7) is 3.86. The van der Waals surface area contributed by atoms with Crippen molar-refractivity contribution in [3.63, 3.8) is 0 Å². The Balaban J connectivity index is 1.95. The minimum absolute atomic E-state index is 0.112. The van der Waals surface area contributed by atoms with Crippen LogP contribution in [0.3, 0.4) is 0 Å². The van der Waals surface area contributed by atoms with Gasteiger partial charge >= 0.3 is 0 Å². The van der Waals surface area contributed by atoms with Crippen molar-refractivity contribution < 1.29 is 14.7 Å². The van der Waals surface area contributed by atoms with Crippen molar-refractivity contribution in [2.24, 2.45) is 0 Å². The van der Waals surface area contributed by atoms with Crippen LogP contribution in [0, 0.1) is 13.8 Å². The first-order chi connectivity index (χ1) is 13.9. The number of rotatable bonds is 3. The molecule has 1 atom stereocenters. The zero-order valence-corrected chi connectivity index (χ0v) is 18.3. The molecule has 1 aromatic heterocycles. The van der Waals surface area contributed by atoms with Gasteiger partial charge < -0.3 is 5.11 Å². The third-order valence-electron chi connectivity index (χ3n) is 5.00. The first-order valence-electron chi connectivity index (χ1n) is 9.06. The Hall–Kier alpha value is -2.70. The Morgan fingerprint density at radius 3 is 2.45 bits per heavy atom. The second-order valence-corrected chi connectivity index (χ2v) is 8.88. The second kappa shape index (κ2) is 7.61. The van der Waals surface area contributed by atoms with Gasteiger partial charge in [0.15, 0.2) is 0 Å². The van der Waals surface area contributed by atoms with Crippen LogP contribution < -0.4 is 4.90 Å². The van der Waals surface area contributed by atoms with Crippen LogP contribution in [0.5, 0.6) is 0 Å². The highest BCUT2D eigenvalue weighted by Gasteiger charge is 2.47. The topological polar surface area (TPSA) is 57.6 Å². The maximum Gasteiger partial charge on any atom is 0.300 e. The quantitative estimate of drug-likeness (QED) is 0.302. The Kier molecular flexibility index (Phi) is 5.15. The maximum atomic E-state index is 13.1. The molecule has 3 aromatic rings. The Morgan fingerprint density at radius 2 is 1.79 bits per heavy atom. The molecule has 0 bridgehead atoms. The van der Waals surface area contributed by atoms with Gasteiger partial charge in [-0.05, 0) is 54.6 Å². The minimum atomic E-state index is -0.676. The van der Waals surface area contributed by atoms with Gasteiger partial charge in [-0.1, -0.05) is 46.3 Å². The number of carbonyl (C=O) groups is 2. The zero-order valence-electron chi connectivity index (χ0n) is 15.8. The summed E-state index contributed by atoms with van der Waals surface area (Å²) in [5.41, 5.74) is 3.17. The summed E-state index contributed by atoms with van der Waals surface area (Å²) in [6.07, 6.45) is 0. The van der Waals surface area contributed by atoms with Crippen LogP contribution in [0.15, 0.2) is 70.0 Å². The SMILES string of the molecule is Cc1ccc(C)c(N2C(=O)C(=O)/C(=C(\O)c3ccc(Br)cc3)C2c2cccs2)c1. The third kappa shape index (κ3) is 3.43. The first-order valence-corrected chi connectivity index (χ1v) is 10.7. The number of halogens is 1. The van der Waals surface area contributed by atoms with Crippen LogP contribution in [-0.2, 0) is 9.59 Å². The largest absolute Gasteiger partial charge is 0.507 e. The molecular weight excluding hydrogens is 450 g/mol. The molecule has 1 aliphatic rings. The fraction of sp³-hybridized carbons (Fsp3) is 0.130. The molecule has 2 aromatic carbocycles. The van der Waals surface area contributed by atoms with Crippen molar-refractivity contribution in [3.05, 3.63) is 91.6 Å². The Labute approximate surface area is 181 Å². The summed E-state index contributed by atoms with van der Waals surface area (Å²) in [6, 6.07) is 15.9. The predicted octanol–water partition coefficient (Wildman–Crippen LogP) is 5.75. The standard InChI is InChI=1S/C23H18BrNO3S/c1-13-5-6-14(2)17(12-13)25-20(18-4-3-11-29-18)19(22(27)23(25)28)21(26)15-7-9-16(24)10-8-15/h3-12,20,26H,1-2H3/b21-19-. The van der Waals surface area contributed by atoms with Crippen LogP contribution in [0.4, 0.5) is 5.69 Å². The summed E-state index contributed by atoms with van der Waals surface area (Å²) in [5, 5.41) is 12.9. The van der Waals surface area contributed by atoms with E-state index in [-0.39, 0.29) is 11.3 Å². The number of aryl methyl sites for hydroxylation is 2. The smallest absolute Gasteiger partial charge is 0.300 e. The van der Waals surface area contributed by atoms with E-state index in [2.05, 4.69) is 15.9 Å². The van der Waals surface area contributed by atoms with E-state index in [4.69, 9.17) is 0 Å². The van der Waals surface area contributed by atoms with Gasteiger partial charge in [-0.25, -0.2) is 0 Å². The number of aliphatic hydroxyl groups excluding tert-OH is 1. The molecule has 0 radical (unpaired) electrons. The molecule has 0 saturated carbocycles. The van der Waals surface area contributed by atoms with Gasteiger partial charge in [0.1, 0.15) is 11.8 Å². The zero-order chi connectivity index (χ0) is 20.7. The van der Waals surface area contributed by atoms with E-state index in [0.29, 0.717) is 11.3 Å². The molecule has 146 valence electrons. The monoisotopic (exact) mass is 467 g/mol. The summed E-state index contributed by atoms with van der Waals surface area (Å²) in [5.74, 6) is -1.47. The number of amides is 1. The molecule has 6 heteroatoms. The van der Waals surface area contributed by atoms with Crippen LogP contribution in [0.1, 0.15) is 27.6 Å². The van der Waals surface area contributed by atoms with Crippen molar-refractivity contribution in [2.75, 3.05) is 4.90 Å². The molecule has 4 nitrogen and oxygen atoms in total. The number of carbonyl (C=O) groups excluding carboxylic acids is 2. The Bertz CT molecular complexity index is 1130. The number of benzene rings is 2. The van der Waals surface area contributed by atoms with E-state index in [1.807, 2.05) is 49.6 Å². The number of hydrogen-bond acceptors (Lipinski definition) is 4. The van der Waals surface area contributed by atoms with Gasteiger partial charge in [0, 0.05) is 20.6 Å². The van der Waals surface area contributed by atoms with Crippen molar-refractivity contribution in [3.8, 4) is 0 Å². The van der Waals surface area contributed by atoms with E-state index in [1.165, 1.54) is 16.2 Å². The molecule has 0 aliphatic carbocycles. The summed E-state index contributed by atoms with van der Waals surface area (Å²) in [4.78, 5) is 28.5. The predicted molar refractivity (Wildman–Crippen MR) is 119 cm³/mol. The number of ketones is 1. The van der Waals surface area contributed by atoms with Gasteiger partial charge in [-0.2, -0.15) is 0 Å². The molecule has 0 spiro atoms. The van der Waals surface area contributed by atoms with Crippen LogP contribution in [0.25, 0.3) is 5.76 Å². The van der Waals surface area contributed by atoms with E-state index in [1.54, 1.807) is 24.3 Å². The van der Waals surface area contributed by atoms with Crippen LogP contribution in [0.2, 0.25) is 0 Å². The molecule has 2 heterocycles. The molecule has 1 amide bonds. The molecule has 4 rings (SSSR count). The highest BCUT2D eigenvalue weighted by Crippen LogP contribution is 2.44. The number of hydrogen-bond donors (Lipinski definition) is 1. The lowest BCUT2D eigenvalue weighted by atomic mass is 9.99. The maximum absolute atomic E-state index is 13.1. The number of Topliss-reactive ketones (excluding diaryl/α,β-unsaturated/α-hetero) is 1. The highest BCUT2D eigenvalue weighted by molar-refractivity contribution is 9.10. The Morgan fingerprint density at radius 1 is 1.07 bits per heavy atom. The highest BCUT2D eigenvalue weighted by atomic mass is 79.9. The van der Waals surface area contributed by atoms with E-state index in [0.717, 1.165) is 20.5 Å². The van der Waals surface area contributed by atoms with E-state index < -0.39 is 17.7 Å². The van der Waals surface area contributed by atoms with Crippen molar-refractivity contribution in [1.29, 1.82) is 0 Å². The van der Waals surface area contributed by atoms with Crippen molar-refractivity contribution in [1.82, 2.24) is 0 Å². The molecule has 1 saturated heterocycles. The lowest BCUT2D eigenvalue weighted by molar-refractivity contribution is -0.132. The van der Waals surface area contributed by atoms with Crippen LogP contribution in [-0.4, -0.2) is 16.8 Å². The lowest BCUT2D eigenvalue weighted by Crippen LogP contribution is -2.29. The second-order valence-electron chi connectivity index (χ2n) is 6.98. The first kappa shape index (κ1) is 19.6. The number of nitrogens with zero attached hydrogens (tertiary/aromatic N) is 1. The van der Waals surface area contributed by atoms with Gasteiger partial charge in [-0.3, -0.25) is 14.5 Å². The van der Waals surface area contributed by atoms with E-state index in [9.17, 15) is 14.7 Å². The summed E-state index contributed by atoms with van der Waals surface area (Å²) < 4.78 is 0.861. The summed E-state index contributed by atoms with van der Waals surface area (Å²) >= 11 is 4.83. The van der Waals surface area contributed by atoms with Crippen LogP contribution >= 0.6 is 27.3 Å². The van der Waals surface area contributed by atoms with Gasteiger partial charge in [0.2, 0.25) is 0 Å². The fourth-order valence-electron chi connectivity index (χ4n) is 3.54. The average molecular weight is 468 g/mol. The van der Waals surface area contributed by atoms with Gasteiger partial charge in [-0.15, -0.1) is 11.3 Å². The fourth-order valence-corrected chi connectivity index (χ4v) is 4.63. The number of aliphatic hydroxyl groups is 1. The molecule has 1 unspecified atom stereocenters.